The lowest BCUT2D eigenvalue weighted by Crippen LogP contribution is -1.95. The minimum atomic E-state index is -0.353. The Morgan fingerprint density at radius 3 is 0.852 bits per heavy atom. The van der Waals surface area contributed by atoms with Crippen LogP contribution in [-0.2, 0) is 0 Å². The topological polar surface area (TPSA) is 14.8 Å². The zero-order valence-corrected chi connectivity index (χ0v) is 43.2. The van der Waals surface area contributed by atoms with E-state index in [1.165, 1.54) is 74.6 Å². The zero-order valence-electron chi connectivity index (χ0n) is 43.2. The zero-order chi connectivity index (χ0) is 54.0. The van der Waals surface area contributed by atoms with Gasteiger partial charge < -0.3 is 13.7 Å². The third kappa shape index (κ3) is 7.35. The Balaban J connectivity index is 0.887. The fraction of sp³-hybridized carbons (Fsp3) is 0. The van der Waals surface area contributed by atoms with Crippen LogP contribution in [0.4, 0.5) is 17.6 Å². The molecule has 7 heteroatoms. The summed E-state index contributed by atoms with van der Waals surface area (Å²) >= 11 is 0. The van der Waals surface area contributed by atoms with Crippen molar-refractivity contribution in [3.05, 3.63) is 284 Å². The predicted octanol–water partition coefficient (Wildman–Crippen LogP) is 20.5. The molecule has 0 unspecified atom stereocenters. The van der Waals surface area contributed by atoms with Gasteiger partial charge in [-0.2, -0.15) is 0 Å². The summed E-state index contributed by atoms with van der Waals surface area (Å²) in [6.07, 6.45) is 0. The van der Waals surface area contributed by atoms with Crippen LogP contribution in [0.25, 0.3) is 149 Å². The molecule has 0 saturated heterocycles. The molecular formula is C74H43F4N3. The molecule has 0 aliphatic carbocycles. The van der Waals surface area contributed by atoms with Gasteiger partial charge in [0.2, 0.25) is 0 Å². The van der Waals surface area contributed by atoms with Crippen LogP contribution in [0.15, 0.2) is 261 Å². The van der Waals surface area contributed by atoms with E-state index in [-0.39, 0.29) is 23.3 Å². The molecule has 3 nitrogen and oxygen atoms in total. The third-order valence-electron chi connectivity index (χ3n) is 16.4. The van der Waals surface area contributed by atoms with E-state index < -0.39 is 0 Å². The fourth-order valence-electron chi connectivity index (χ4n) is 12.9. The van der Waals surface area contributed by atoms with Gasteiger partial charge in [-0.3, -0.25) is 0 Å². The first-order chi connectivity index (χ1) is 39.8. The number of nitrogens with zero attached hydrogens (tertiary/aromatic N) is 3. The number of aromatic nitrogens is 3. The minimum absolute atomic E-state index is 0.351. The average Bonchev–Trinajstić information content (AvgIpc) is 4.38. The van der Waals surface area contributed by atoms with Gasteiger partial charge in [-0.25, -0.2) is 17.6 Å². The molecule has 382 valence electrons. The smallest absolute Gasteiger partial charge is 0.125 e. The largest absolute Gasteiger partial charge is 0.309 e. The highest BCUT2D eigenvalue weighted by atomic mass is 19.1. The van der Waals surface area contributed by atoms with Crippen LogP contribution < -0.4 is 0 Å². The van der Waals surface area contributed by atoms with Gasteiger partial charge in [-0.15, -0.1) is 0 Å². The van der Waals surface area contributed by atoms with Crippen LogP contribution in [-0.4, -0.2) is 13.7 Å². The molecular weight excluding hydrogens is 1010 g/mol. The maximum atomic E-state index is 15.1. The Bertz CT molecular complexity index is 5000. The third-order valence-corrected chi connectivity index (χ3v) is 16.4. The van der Waals surface area contributed by atoms with Crippen molar-refractivity contribution in [2.45, 2.75) is 0 Å². The standard InChI is InChI=1S/C74H43F4N3/c75-50-12-8-14-55(40-50)80-69-32-24-48(38-63(69)65-42-52(77)26-34-71(65)80)46-22-30-67-61(36-46)62-37-47(49-25-33-70-64(39-49)66-43-53(78)27-35-72(66)81(70)56-15-9-13-51(76)41-56)23-31-68(62)79(67)54-28-20-45(21-29-54)74-59-18-6-4-16-57(59)73(44-10-2-1-3-11-44)58-17-5-7-19-60(58)74/h1-43H. The first kappa shape index (κ1) is 46.6. The molecule has 0 aliphatic rings. The van der Waals surface area contributed by atoms with Gasteiger partial charge in [0.1, 0.15) is 23.3 Å². The Hall–Kier alpha value is -10.5. The summed E-state index contributed by atoms with van der Waals surface area (Å²) in [5.74, 6) is -1.41. The predicted molar refractivity (Wildman–Crippen MR) is 326 cm³/mol. The summed E-state index contributed by atoms with van der Waals surface area (Å²) < 4.78 is 66.0. The van der Waals surface area contributed by atoms with Crippen LogP contribution in [0, 0.1) is 23.3 Å². The lowest BCUT2D eigenvalue weighted by molar-refractivity contribution is 0.626. The van der Waals surface area contributed by atoms with Gasteiger partial charge >= 0.3 is 0 Å². The first-order valence-corrected chi connectivity index (χ1v) is 27.0. The highest BCUT2D eigenvalue weighted by Gasteiger charge is 2.21. The Morgan fingerprint density at radius 1 is 0.185 bits per heavy atom. The van der Waals surface area contributed by atoms with Crippen molar-refractivity contribution in [1.29, 1.82) is 0 Å². The quantitative estimate of drug-likeness (QED) is 0.112. The first-order valence-electron chi connectivity index (χ1n) is 27.0. The second kappa shape index (κ2) is 18.0. The van der Waals surface area contributed by atoms with E-state index in [1.54, 1.807) is 36.4 Å². The fourth-order valence-corrected chi connectivity index (χ4v) is 12.9. The van der Waals surface area contributed by atoms with Gasteiger partial charge in [0.15, 0.2) is 0 Å². The van der Waals surface area contributed by atoms with Gasteiger partial charge in [-0.1, -0.05) is 127 Å². The summed E-state index contributed by atoms with van der Waals surface area (Å²) in [6.45, 7) is 0. The summed E-state index contributed by atoms with van der Waals surface area (Å²) in [7, 11) is 0. The number of halogens is 4. The molecule has 0 bridgehead atoms. The molecule has 0 saturated carbocycles. The molecule has 3 aromatic heterocycles. The van der Waals surface area contributed by atoms with Crippen molar-refractivity contribution in [3.8, 4) is 61.6 Å². The van der Waals surface area contributed by atoms with E-state index in [0.717, 1.165) is 98.9 Å². The Labute approximate surface area is 461 Å². The molecule has 0 amide bonds. The van der Waals surface area contributed by atoms with Crippen molar-refractivity contribution < 1.29 is 17.6 Å². The highest BCUT2D eigenvalue weighted by molar-refractivity contribution is 6.22. The molecule has 0 atom stereocenters. The maximum Gasteiger partial charge on any atom is 0.125 e. The molecule has 81 heavy (non-hydrogen) atoms. The van der Waals surface area contributed by atoms with Crippen molar-refractivity contribution in [1.82, 2.24) is 13.7 Å². The number of hydrogen-bond donors (Lipinski definition) is 0. The second-order valence-electron chi connectivity index (χ2n) is 21.0. The van der Waals surface area contributed by atoms with E-state index in [1.807, 2.05) is 33.4 Å². The molecule has 16 rings (SSSR count). The van der Waals surface area contributed by atoms with Crippen molar-refractivity contribution in [3.63, 3.8) is 0 Å². The van der Waals surface area contributed by atoms with Crippen LogP contribution in [0.2, 0.25) is 0 Å². The monoisotopic (exact) mass is 1050 g/mol. The summed E-state index contributed by atoms with van der Waals surface area (Å²) in [5, 5.41) is 9.98. The van der Waals surface area contributed by atoms with E-state index in [0.29, 0.717) is 11.4 Å². The van der Waals surface area contributed by atoms with Gasteiger partial charge in [0.05, 0.1) is 33.1 Å². The molecule has 0 radical (unpaired) electrons. The second-order valence-corrected chi connectivity index (χ2v) is 21.0. The summed E-state index contributed by atoms with van der Waals surface area (Å²) in [6, 6.07) is 85.0. The Morgan fingerprint density at radius 2 is 0.481 bits per heavy atom. The molecule has 0 aliphatic heterocycles. The number of benzene rings is 13. The molecule has 0 N–H and O–H groups in total. The van der Waals surface area contributed by atoms with Crippen LogP contribution in [0.5, 0.6) is 0 Å². The van der Waals surface area contributed by atoms with E-state index in [9.17, 15) is 8.78 Å². The lowest BCUT2D eigenvalue weighted by Gasteiger charge is -2.18. The van der Waals surface area contributed by atoms with E-state index in [2.05, 4.69) is 168 Å². The molecule has 0 fully saturated rings. The van der Waals surface area contributed by atoms with Crippen LogP contribution >= 0.6 is 0 Å². The molecule has 0 spiro atoms. The van der Waals surface area contributed by atoms with Gasteiger partial charge in [0, 0.05) is 49.4 Å². The van der Waals surface area contributed by atoms with Crippen molar-refractivity contribution >= 4 is 87.0 Å². The summed E-state index contributed by atoms with van der Waals surface area (Å²) in [5.41, 5.74) is 16.1. The minimum Gasteiger partial charge on any atom is -0.309 e. The van der Waals surface area contributed by atoms with E-state index in [4.69, 9.17) is 0 Å². The number of fused-ring (bicyclic) bond motifs is 11. The number of hydrogen-bond acceptors (Lipinski definition) is 0. The molecule has 13 aromatic carbocycles. The van der Waals surface area contributed by atoms with Crippen LogP contribution in [0.1, 0.15) is 0 Å². The maximum absolute atomic E-state index is 15.1. The van der Waals surface area contributed by atoms with Crippen LogP contribution in [0.3, 0.4) is 0 Å². The van der Waals surface area contributed by atoms with Crippen molar-refractivity contribution in [2.24, 2.45) is 0 Å². The average molecular weight is 1050 g/mol. The summed E-state index contributed by atoms with van der Waals surface area (Å²) in [4.78, 5) is 0. The van der Waals surface area contributed by atoms with Gasteiger partial charge in [-0.05, 0) is 200 Å². The normalized spacial score (nSPS) is 12.0. The van der Waals surface area contributed by atoms with Gasteiger partial charge in [0.25, 0.3) is 0 Å². The molecule has 16 aromatic rings. The highest BCUT2D eigenvalue weighted by Crippen LogP contribution is 2.46. The lowest BCUT2D eigenvalue weighted by atomic mass is 9.86. The molecule has 3 heterocycles. The number of rotatable bonds is 7. The van der Waals surface area contributed by atoms with Crippen molar-refractivity contribution in [2.75, 3.05) is 0 Å². The van der Waals surface area contributed by atoms with E-state index >= 15 is 8.78 Å². The SMILES string of the molecule is Fc1cccc(-n2c3ccc(F)cc3c3cc(-c4ccc5c(c4)c4cc(-c6ccc7c(c6)c6cc(F)ccc6n7-c6cccc(F)c6)ccc4n5-c4ccc(-c5c6ccccc6c(-c6ccccc6)c6ccccc56)cc4)ccc32)c1. The Kier molecular flexibility index (Phi) is 10.4.